The number of aliphatic hydroxyl groups excluding tert-OH is 1. The van der Waals surface area contributed by atoms with Gasteiger partial charge in [-0.25, -0.2) is 9.78 Å². The highest BCUT2D eigenvalue weighted by atomic mass is 35.5. The van der Waals surface area contributed by atoms with E-state index in [0.29, 0.717) is 16.3 Å². The van der Waals surface area contributed by atoms with Gasteiger partial charge in [0.15, 0.2) is 5.15 Å². The smallest absolute Gasteiger partial charge is 0.319 e. The zero-order chi connectivity index (χ0) is 15.2. The number of halogens is 2. The van der Waals surface area contributed by atoms with Crippen LogP contribution in [0, 0.1) is 0 Å². The van der Waals surface area contributed by atoms with Crippen molar-refractivity contribution in [3.05, 3.63) is 58.3 Å². The number of hydrogen-bond acceptors (Lipinski definition) is 3. The third kappa shape index (κ3) is 4.32. The minimum Gasteiger partial charge on any atom is -0.387 e. The summed E-state index contributed by atoms with van der Waals surface area (Å²) < 4.78 is 0. The molecule has 0 bridgehead atoms. The van der Waals surface area contributed by atoms with Crippen molar-refractivity contribution in [2.24, 2.45) is 0 Å². The summed E-state index contributed by atoms with van der Waals surface area (Å²) in [6.45, 7) is 0.0213. The second-order valence-corrected chi connectivity index (χ2v) is 4.98. The summed E-state index contributed by atoms with van der Waals surface area (Å²) in [7, 11) is 0. The van der Waals surface area contributed by atoms with Crippen molar-refractivity contribution in [3.8, 4) is 0 Å². The van der Waals surface area contributed by atoms with Crippen LogP contribution in [0.3, 0.4) is 0 Å². The minimum atomic E-state index is -0.895. The normalized spacial score (nSPS) is 11.8. The number of nitrogens with one attached hydrogen (secondary N) is 2. The molecule has 1 unspecified atom stereocenters. The van der Waals surface area contributed by atoms with E-state index in [0.717, 1.165) is 0 Å². The molecule has 0 saturated carbocycles. The van der Waals surface area contributed by atoms with Gasteiger partial charge in [0, 0.05) is 23.3 Å². The van der Waals surface area contributed by atoms with E-state index in [9.17, 15) is 9.90 Å². The number of carbonyl (C=O) groups excluding carboxylic acids is 1. The number of rotatable bonds is 4. The molecule has 0 saturated heterocycles. The van der Waals surface area contributed by atoms with Crippen molar-refractivity contribution in [3.63, 3.8) is 0 Å². The first kappa shape index (κ1) is 15.6. The second kappa shape index (κ2) is 7.26. The molecule has 110 valence electrons. The lowest BCUT2D eigenvalue weighted by Crippen LogP contribution is -2.32. The Balaban J connectivity index is 1.90. The number of carbonyl (C=O) groups is 1. The summed E-state index contributed by atoms with van der Waals surface area (Å²) in [4.78, 5) is 15.6. The maximum absolute atomic E-state index is 11.7. The van der Waals surface area contributed by atoms with Crippen LogP contribution in [-0.2, 0) is 0 Å². The van der Waals surface area contributed by atoms with Crippen LogP contribution in [0.5, 0.6) is 0 Å². The molecule has 2 aromatic rings. The van der Waals surface area contributed by atoms with Crippen LogP contribution in [0.2, 0.25) is 10.2 Å². The van der Waals surface area contributed by atoms with Crippen molar-refractivity contribution in [2.75, 3.05) is 11.9 Å². The summed E-state index contributed by atoms with van der Waals surface area (Å²) in [6, 6.07) is 9.69. The SMILES string of the molecule is O=C(NCC(O)c1ccccc1Cl)Nc1cccnc1Cl. The van der Waals surface area contributed by atoms with E-state index in [1.54, 1.807) is 36.4 Å². The molecule has 0 radical (unpaired) electrons. The molecule has 0 spiro atoms. The van der Waals surface area contributed by atoms with Gasteiger partial charge in [-0.05, 0) is 18.2 Å². The number of urea groups is 1. The summed E-state index contributed by atoms with van der Waals surface area (Å²) in [5.41, 5.74) is 0.947. The zero-order valence-electron chi connectivity index (χ0n) is 10.9. The fraction of sp³-hybridized carbons (Fsp3) is 0.143. The van der Waals surface area contributed by atoms with Crippen LogP contribution in [0.4, 0.5) is 10.5 Å². The van der Waals surface area contributed by atoms with Gasteiger partial charge in [-0.15, -0.1) is 0 Å². The van der Waals surface area contributed by atoms with Crippen LogP contribution in [0.15, 0.2) is 42.6 Å². The third-order valence-corrected chi connectivity index (χ3v) is 3.37. The molecular weight excluding hydrogens is 313 g/mol. The van der Waals surface area contributed by atoms with Crippen LogP contribution >= 0.6 is 23.2 Å². The summed E-state index contributed by atoms with van der Waals surface area (Å²) in [6.07, 6.45) is 0.626. The second-order valence-electron chi connectivity index (χ2n) is 4.21. The Labute approximate surface area is 131 Å². The molecule has 2 amide bonds. The lowest BCUT2D eigenvalue weighted by molar-refractivity contribution is 0.175. The lowest BCUT2D eigenvalue weighted by atomic mass is 10.1. The van der Waals surface area contributed by atoms with Gasteiger partial charge in [0.25, 0.3) is 0 Å². The standard InChI is InChI=1S/C14H13Cl2N3O2/c15-10-5-2-1-4-9(10)12(20)8-18-14(21)19-11-6-3-7-17-13(11)16/h1-7,12,20H,8H2,(H2,18,19,21). The van der Waals surface area contributed by atoms with Gasteiger partial charge in [0.1, 0.15) is 0 Å². The monoisotopic (exact) mass is 325 g/mol. The molecule has 21 heavy (non-hydrogen) atoms. The van der Waals surface area contributed by atoms with Crippen molar-refractivity contribution in [1.82, 2.24) is 10.3 Å². The van der Waals surface area contributed by atoms with Gasteiger partial charge in [-0.3, -0.25) is 0 Å². The zero-order valence-corrected chi connectivity index (χ0v) is 12.4. The molecule has 7 heteroatoms. The van der Waals surface area contributed by atoms with E-state index >= 15 is 0 Å². The number of aromatic nitrogens is 1. The molecular formula is C14H13Cl2N3O2. The molecule has 0 aliphatic rings. The quantitative estimate of drug-likeness (QED) is 0.755. The van der Waals surface area contributed by atoms with Crippen LogP contribution in [0.25, 0.3) is 0 Å². The molecule has 1 atom stereocenters. The predicted octanol–water partition coefficient (Wildman–Crippen LogP) is 3.24. The van der Waals surface area contributed by atoms with Gasteiger partial charge in [-0.1, -0.05) is 41.4 Å². The largest absolute Gasteiger partial charge is 0.387 e. The maximum atomic E-state index is 11.7. The highest BCUT2D eigenvalue weighted by molar-refractivity contribution is 6.32. The van der Waals surface area contributed by atoms with Gasteiger partial charge in [0.05, 0.1) is 11.8 Å². The van der Waals surface area contributed by atoms with Crippen molar-refractivity contribution >= 4 is 34.9 Å². The Hall–Kier alpha value is -1.82. The molecule has 0 aliphatic carbocycles. The lowest BCUT2D eigenvalue weighted by Gasteiger charge is -2.14. The first-order valence-electron chi connectivity index (χ1n) is 6.16. The Kier molecular flexibility index (Phi) is 5.38. The Morgan fingerprint density at radius 2 is 2.00 bits per heavy atom. The fourth-order valence-electron chi connectivity index (χ4n) is 1.69. The number of benzene rings is 1. The number of anilines is 1. The van der Waals surface area contributed by atoms with E-state index in [1.807, 2.05) is 0 Å². The number of nitrogens with zero attached hydrogens (tertiary/aromatic N) is 1. The van der Waals surface area contributed by atoms with Crippen LogP contribution < -0.4 is 10.6 Å². The Morgan fingerprint density at radius 3 is 2.71 bits per heavy atom. The van der Waals surface area contributed by atoms with E-state index in [4.69, 9.17) is 23.2 Å². The first-order valence-corrected chi connectivity index (χ1v) is 6.91. The molecule has 1 aromatic carbocycles. The van der Waals surface area contributed by atoms with Crippen molar-refractivity contribution < 1.29 is 9.90 Å². The van der Waals surface area contributed by atoms with Crippen LogP contribution in [-0.4, -0.2) is 22.7 Å². The van der Waals surface area contributed by atoms with E-state index in [1.165, 1.54) is 6.20 Å². The molecule has 0 aliphatic heterocycles. The molecule has 0 fully saturated rings. The maximum Gasteiger partial charge on any atom is 0.319 e. The minimum absolute atomic E-state index is 0.0213. The predicted molar refractivity (Wildman–Crippen MR) is 82.7 cm³/mol. The number of aliphatic hydroxyl groups is 1. The third-order valence-electron chi connectivity index (χ3n) is 2.73. The highest BCUT2D eigenvalue weighted by Crippen LogP contribution is 2.22. The van der Waals surface area contributed by atoms with Crippen molar-refractivity contribution in [2.45, 2.75) is 6.10 Å². The average Bonchev–Trinajstić information content (AvgIpc) is 2.48. The average molecular weight is 326 g/mol. The van der Waals surface area contributed by atoms with Gasteiger partial charge < -0.3 is 15.7 Å². The van der Waals surface area contributed by atoms with E-state index < -0.39 is 12.1 Å². The number of pyridine rings is 1. The fourth-order valence-corrected chi connectivity index (χ4v) is 2.12. The molecule has 5 nitrogen and oxygen atoms in total. The highest BCUT2D eigenvalue weighted by Gasteiger charge is 2.13. The Morgan fingerprint density at radius 1 is 1.24 bits per heavy atom. The van der Waals surface area contributed by atoms with E-state index in [2.05, 4.69) is 15.6 Å². The number of hydrogen-bond donors (Lipinski definition) is 3. The van der Waals surface area contributed by atoms with Gasteiger partial charge in [0.2, 0.25) is 0 Å². The van der Waals surface area contributed by atoms with E-state index in [-0.39, 0.29) is 11.7 Å². The number of amides is 2. The van der Waals surface area contributed by atoms with Crippen molar-refractivity contribution in [1.29, 1.82) is 0 Å². The molecule has 3 N–H and O–H groups in total. The summed E-state index contributed by atoms with van der Waals surface area (Å²) in [5.74, 6) is 0. The van der Waals surface area contributed by atoms with Gasteiger partial charge in [-0.2, -0.15) is 0 Å². The molecule has 2 rings (SSSR count). The summed E-state index contributed by atoms with van der Waals surface area (Å²) in [5, 5.41) is 15.7. The Bertz CT molecular complexity index is 637. The van der Waals surface area contributed by atoms with Crippen LogP contribution in [0.1, 0.15) is 11.7 Å². The first-order chi connectivity index (χ1) is 10.1. The molecule has 1 heterocycles. The molecule has 1 aromatic heterocycles. The topological polar surface area (TPSA) is 74.2 Å². The summed E-state index contributed by atoms with van der Waals surface area (Å²) >= 11 is 11.8. The van der Waals surface area contributed by atoms with Gasteiger partial charge >= 0.3 is 6.03 Å².